The lowest BCUT2D eigenvalue weighted by molar-refractivity contribution is 0.232. The van der Waals surface area contributed by atoms with Crippen molar-refractivity contribution < 1.29 is 5.21 Å². The maximum atomic E-state index is 8.34. The molecule has 0 heterocycles. The van der Waals surface area contributed by atoms with Crippen LogP contribution >= 0.6 is 0 Å². The Bertz CT molecular complexity index is 409. The molecule has 5 nitrogen and oxygen atoms in total. The Kier molecular flexibility index (Phi) is 4.75. The Labute approximate surface area is 94.0 Å². The van der Waals surface area contributed by atoms with Crippen LogP contribution in [-0.4, -0.2) is 17.4 Å². The van der Waals surface area contributed by atoms with Gasteiger partial charge in [0.15, 0.2) is 0 Å². The summed E-state index contributed by atoms with van der Waals surface area (Å²) in [6.45, 7) is 1.90. The van der Waals surface area contributed by atoms with Crippen molar-refractivity contribution in [3.8, 4) is 0 Å². The maximum absolute atomic E-state index is 8.34. The average molecular weight is 218 g/mol. The second-order valence-corrected chi connectivity index (χ2v) is 3.14. The molecule has 5 heteroatoms. The van der Waals surface area contributed by atoms with Gasteiger partial charge in [-0.05, 0) is 18.1 Å². The van der Waals surface area contributed by atoms with Crippen molar-refractivity contribution in [2.24, 2.45) is 15.9 Å². The van der Waals surface area contributed by atoms with E-state index in [0.717, 1.165) is 11.1 Å². The highest BCUT2D eigenvalue weighted by molar-refractivity contribution is 5.85. The standard InChI is InChI=1S/C11H14N4O/c1-9(8-13-14-11(12)15-16)7-10-5-3-2-4-6-10/h2-8,16H,1H3,(H3,12,14,15)/b9-7-,13-8?. The molecule has 0 atom stereocenters. The van der Waals surface area contributed by atoms with Crippen molar-refractivity contribution in [1.29, 1.82) is 0 Å². The van der Waals surface area contributed by atoms with Gasteiger partial charge in [-0.2, -0.15) is 5.10 Å². The van der Waals surface area contributed by atoms with Crippen LogP contribution in [0.5, 0.6) is 0 Å². The number of hydrogen-bond acceptors (Lipinski definition) is 3. The van der Waals surface area contributed by atoms with Gasteiger partial charge in [-0.25, -0.2) is 5.48 Å². The Morgan fingerprint density at radius 2 is 2.06 bits per heavy atom. The van der Waals surface area contributed by atoms with E-state index in [4.69, 9.17) is 10.9 Å². The molecular formula is C11H14N4O. The Balaban J connectivity index is 2.66. The van der Waals surface area contributed by atoms with Crippen LogP contribution in [0.3, 0.4) is 0 Å². The summed E-state index contributed by atoms with van der Waals surface area (Å²) in [5, 5.41) is 15.5. The minimum atomic E-state index is -0.149. The minimum Gasteiger partial charge on any atom is -0.367 e. The van der Waals surface area contributed by atoms with Crippen LogP contribution in [-0.2, 0) is 0 Å². The highest BCUT2D eigenvalue weighted by Gasteiger charge is 1.87. The Morgan fingerprint density at radius 3 is 2.69 bits per heavy atom. The van der Waals surface area contributed by atoms with E-state index in [-0.39, 0.29) is 5.96 Å². The van der Waals surface area contributed by atoms with Crippen LogP contribution in [0.4, 0.5) is 0 Å². The fraction of sp³-hybridized carbons (Fsp3) is 0.0909. The van der Waals surface area contributed by atoms with E-state index in [1.165, 1.54) is 0 Å². The molecule has 0 aromatic heterocycles. The second kappa shape index (κ2) is 6.36. The molecule has 0 amide bonds. The van der Waals surface area contributed by atoms with Gasteiger partial charge < -0.3 is 5.73 Å². The SMILES string of the molecule is C/C(C=NN=C(N)NO)=C/c1ccccc1. The van der Waals surface area contributed by atoms with E-state index in [0.29, 0.717) is 0 Å². The van der Waals surface area contributed by atoms with Gasteiger partial charge in [0.1, 0.15) is 0 Å². The van der Waals surface area contributed by atoms with E-state index in [1.54, 1.807) is 11.7 Å². The quantitative estimate of drug-likeness (QED) is 0.407. The number of guanidine groups is 1. The number of rotatable bonds is 3. The normalized spacial score (nSPS) is 13.1. The highest BCUT2D eigenvalue weighted by atomic mass is 16.5. The topological polar surface area (TPSA) is 83.0 Å². The fourth-order valence-corrected chi connectivity index (χ4v) is 1.05. The largest absolute Gasteiger partial charge is 0.367 e. The molecule has 0 aliphatic carbocycles. The average Bonchev–Trinajstić information content (AvgIpc) is 2.30. The van der Waals surface area contributed by atoms with Gasteiger partial charge in [0.2, 0.25) is 5.96 Å². The predicted molar refractivity (Wildman–Crippen MR) is 65.1 cm³/mol. The lowest BCUT2D eigenvalue weighted by Gasteiger charge is -1.94. The van der Waals surface area contributed by atoms with Crippen molar-refractivity contribution >= 4 is 18.3 Å². The van der Waals surface area contributed by atoms with E-state index < -0.39 is 0 Å². The first-order valence-corrected chi connectivity index (χ1v) is 4.72. The molecule has 0 aliphatic rings. The van der Waals surface area contributed by atoms with Crippen LogP contribution in [0.15, 0.2) is 46.1 Å². The van der Waals surface area contributed by atoms with Crippen molar-refractivity contribution in [3.05, 3.63) is 41.5 Å². The first-order chi connectivity index (χ1) is 7.72. The third kappa shape index (κ3) is 4.39. The molecule has 0 spiro atoms. The molecular weight excluding hydrogens is 204 g/mol. The Morgan fingerprint density at radius 1 is 1.38 bits per heavy atom. The number of nitrogens with one attached hydrogen (secondary N) is 1. The zero-order chi connectivity index (χ0) is 11.8. The third-order valence-electron chi connectivity index (χ3n) is 1.74. The summed E-state index contributed by atoms with van der Waals surface area (Å²) in [7, 11) is 0. The van der Waals surface area contributed by atoms with E-state index >= 15 is 0 Å². The van der Waals surface area contributed by atoms with Gasteiger partial charge in [-0.15, -0.1) is 5.10 Å². The molecule has 0 radical (unpaired) electrons. The summed E-state index contributed by atoms with van der Waals surface area (Å²) in [6, 6.07) is 9.86. The van der Waals surface area contributed by atoms with Gasteiger partial charge in [0, 0.05) is 0 Å². The summed E-state index contributed by atoms with van der Waals surface area (Å²) in [5.74, 6) is -0.149. The summed E-state index contributed by atoms with van der Waals surface area (Å²) in [5.41, 5.74) is 8.87. The highest BCUT2D eigenvalue weighted by Crippen LogP contribution is 2.04. The van der Waals surface area contributed by atoms with Crippen LogP contribution in [0.1, 0.15) is 12.5 Å². The monoisotopic (exact) mass is 218 g/mol. The maximum Gasteiger partial charge on any atom is 0.237 e. The van der Waals surface area contributed by atoms with Gasteiger partial charge in [0.25, 0.3) is 0 Å². The molecule has 0 bridgehead atoms. The number of allylic oxidation sites excluding steroid dienone is 1. The van der Waals surface area contributed by atoms with Gasteiger partial charge in [-0.3, -0.25) is 5.21 Å². The van der Waals surface area contributed by atoms with Crippen LogP contribution in [0.25, 0.3) is 6.08 Å². The summed E-state index contributed by atoms with van der Waals surface area (Å²) in [6.07, 6.45) is 3.51. The van der Waals surface area contributed by atoms with Gasteiger partial charge in [0.05, 0.1) is 6.21 Å². The molecule has 1 rings (SSSR count). The van der Waals surface area contributed by atoms with Gasteiger partial charge in [-0.1, -0.05) is 36.4 Å². The minimum absolute atomic E-state index is 0.149. The summed E-state index contributed by atoms with van der Waals surface area (Å²) < 4.78 is 0. The first kappa shape index (κ1) is 11.9. The smallest absolute Gasteiger partial charge is 0.237 e. The van der Waals surface area contributed by atoms with E-state index in [9.17, 15) is 0 Å². The zero-order valence-corrected chi connectivity index (χ0v) is 8.96. The molecule has 1 aromatic rings. The lowest BCUT2D eigenvalue weighted by Crippen LogP contribution is -2.27. The van der Waals surface area contributed by atoms with Crippen molar-refractivity contribution in [2.45, 2.75) is 6.92 Å². The number of nitrogens with two attached hydrogens (primary N) is 1. The number of hydrogen-bond donors (Lipinski definition) is 3. The second-order valence-electron chi connectivity index (χ2n) is 3.14. The molecule has 1 aromatic carbocycles. The number of nitrogens with zero attached hydrogens (tertiary/aromatic N) is 2. The molecule has 84 valence electrons. The van der Waals surface area contributed by atoms with Crippen molar-refractivity contribution in [3.63, 3.8) is 0 Å². The third-order valence-corrected chi connectivity index (χ3v) is 1.74. The van der Waals surface area contributed by atoms with Crippen LogP contribution in [0, 0.1) is 0 Å². The van der Waals surface area contributed by atoms with Crippen molar-refractivity contribution in [1.82, 2.24) is 5.48 Å². The lowest BCUT2D eigenvalue weighted by atomic mass is 10.1. The molecule has 0 aliphatic heterocycles. The molecule has 0 saturated carbocycles. The Hall–Kier alpha value is -2.14. The first-order valence-electron chi connectivity index (χ1n) is 4.72. The predicted octanol–water partition coefficient (Wildman–Crippen LogP) is 1.37. The van der Waals surface area contributed by atoms with Crippen LogP contribution in [0.2, 0.25) is 0 Å². The van der Waals surface area contributed by atoms with E-state index in [2.05, 4.69) is 10.2 Å². The fourth-order valence-electron chi connectivity index (χ4n) is 1.05. The zero-order valence-electron chi connectivity index (χ0n) is 8.96. The molecule has 0 fully saturated rings. The molecule has 16 heavy (non-hydrogen) atoms. The number of benzene rings is 1. The number of hydroxylamine groups is 1. The summed E-state index contributed by atoms with van der Waals surface area (Å²) >= 11 is 0. The van der Waals surface area contributed by atoms with Crippen molar-refractivity contribution in [2.75, 3.05) is 0 Å². The van der Waals surface area contributed by atoms with E-state index in [1.807, 2.05) is 43.3 Å². The van der Waals surface area contributed by atoms with Crippen LogP contribution < -0.4 is 11.2 Å². The van der Waals surface area contributed by atoms with Gasteiger partial charge >= 0.3 is 0 Å². The molecule has 0 saturated heterocycles. The molecule has 4 N–H and O–H groups in total. The molecule has 0 unspecified atom stereocenters. The summed E-state index contributed by atoms with van der Waals surface area (Å²) in [4.78, 5) is 0.